The van der Waals surface area contributed by atoms with Crippen molar-refractivity contribution in [1.29, 1.82) is 0 Å². The lowest BCUT2D eigenvalue weighted by Gasteiger charge is -2.13. The predicted octanol–water partition coefficient (Wildman–Crippen LogP) is 2.17. The van der Waals surface area contributed by atoms with Crippen molar-refractivity contribution in [1.82, 2.24) is 20.1 Å². The van der Waals surface area contributed by atoms with Gasteiger partial charge in [-0.3, -0.25) is 4.68 Å². The second-order valence-electron chi connectivity index (χ2n) is 4.05. The van der Waals surface area contributed by atoms with Gasteiger partial charge in [0.05, 0.1) is 17.4 Å². The lowest BCUT2D eigenvalue weighted by molar-refractivity contribution is 0.596. The van der Waals surface area contributed by atoms with Crippen LogP contribution in [0.4, 0.5) is 0 Å². The van der Waals surface area contributed by atoms with E-state index in [2.05, 4.69) is 35.4 Å². The number of hydrogen-bond donors (Lipinski definition) is 1. The molecule has 0 fully saturated rings. The van der Waals surface area contributed by atoms with Crippen molar-refractivity contribution in [3.63, 3.8) is 0 Å². The number of rotatable bonds is 5. The number of nitrogens with zero attached hydrogens (tertiary/aromatic N) is 3. The smallest absolute Gasteiger partial charge is 0.0798 e. The molecule has 0 amide bonds. The van der Waals surface area contributed by atoms with Crippen LogP contribution in [0.1, 0.15) is 29.1 Å². The average molecular weight is 250 g/mol. The largest absolute Gasteiger partial charge is 0.312 e. The molecule has 2 aromatic rings. The number of nitrogens with one attached hydrogen (secondary N) is 1. The van der Waals surface area contributed by atoms with Crippen molar-refractivity contribution >= 4 is 11.3 Å². The van der Waals surface area contributed by atoms with E-state index in [0.717, 1.165) is 18.7 Å². The molecule has 1 atom stereocenters. The zero-order valence-electron chi connectivity index (χ0n) is 10.5. The maximum Gasteiger partial charge on any atom is 0.0798 e. The first kappa shape index (κ1) is 12.3. The Kier molecular flexibility index (Phi) is 3.91. The van der Waals surface area contributed by atoms with Crippen molar-refractivity contribution in [3.8, 4) is 0 Å². The summed E-state index contributed by atoms with van der Waals surface area (Å²) in [5, 5.41) is 7.66. The Labute approximate surface area is 106 Å². The molecule has 1 unspecified atom stereocenters. The van der Waals surface area contributed by atoms with Crippen LogP contribution in [0.25, 0.3) is 0 Å². The summed E-state index contributed by atoms with van der Waals surface area (Å²) in [6.45, 7) is 5.08. The Morgan fingerprint density at radius 2 is 2.35 bits per heavy atom. The summed E-state index contributed by atoms with van der Waals surface area (Å²) in [6.07, 6.45) is 5.02. The topological polar surface area (TPSA) is 42.7 Å². The first-order valence-electron chi connectivity index (χ1n) is 5.83. The van der Waals surface area contributed by atoms with Gasteiger partial charge in [0.25, 0.3) is 0 Å². The van der Waals surface area contributed by atoms with Gasteiger partial charge in [0, 0.05) is 23.7 Å². The van der Waals surface area contributed by atoms with Gasteiger partial charge in [-0.15, -0.1) is 11.3 Å². The third-order valence-corrected chi connectivity index (χ3v) is 3.94. The Bertz CT molecular complexity index is 474. The van der Waals surface area contributed by atoms with Crippen molar-refractivity contribution in [2.75, 3.05) is 7.05 Å². The summed E-state index contributed by atoms with van der Waals surface area (Å²) in [7, 11) is 1.99. The zero-order chi connectivity index (χ0) is 12.3. The van der Waals surface area contributed by atoms with E-state index in [1.807, 2.05) is 23.4 Å². The summed E-state index contributed by atoms with van der Waals surface area (Å²) < 4.78 is 1.96. The van der Waals surface area contributed by atoms with Crippen LogP contribution in [0.3, 0.4) is 0 Å². The van der Waals surface area contributed by atoms with Gasteiger partial charge < -0.3 is 5.32 Å². The second kappa shape index (κ2) is 5.42. The number of thiazole rings is 1. The van der Waals surface area contributed by atoms with Crippen LogP contribution < -0.4 is 5.32 Å². The summed E-state index contributed by atoms with van der Waals surface area (Å²) >= 11 is 1.71. The van der Waals surface area contributed by atoms with E-state index in [1.165, 1.54) is 10.4 Å². The van der Waals surface area contributed by atoms with Gasteiger partial charge in [-0.1, -0.05) is 0 Å². The van der Waals surface area contributed by atoms with Gasteiger partial charge in [-0.25, -0.2) is 4.98 Å². The first-order valence-corrected chi connectivity index (χ1v) is 6.71. The summed E-state index contributed by atoms with van der Waals surface area (Å²) in [5.41, 5.74) is 4.29. The molecular formula is C12H18N4S. The summed E-state index contributed by atoms with van der Waals surface area (Å²) in [6, 6.07) is 0.331. The maximum absolute atomic E-state index is 4.31. The quantitative estimate of drug-likeness (QED) is 0.884. The summed E-state index contributed by atoms with van der Waals surface area (Å²) in [4.78, 5) is 5.62. The third-order valence-electron chi connectivity index (χ3n) is 2.90. The molecule has 0 saturated heterocycles. The second-order valence-corrected chi connectivity index (χ2v) is 4.94. The van der Waals surface area contributed by atoms with E-state index >= 15 is 0 Å². The van der Waals surface area contributed by atoms with Crippen LogP contribution in [0.15, 0.2) is 17.9 Å². The Morgan fingerprint density at radius 1 is 1.53 bits per heavy atom. The molecule has 2 heterocycles. The minimum atomic E-state index is 0.331. The molecule has 1 N–H and O–H groups in total. The number of hydrogen-bond acceptors (Lipinski definition) is 4. The SMILES string of the molecule is CCn1cc(CC(NC)c2scnc2C)cn1. The molecule has 0 aromatic carbocycles. The third kappa shape index (κ3) is 2.73. The molecule has 0 saturated carbocycles. The van der Waals surface area contributed by atoms with E-state index < -0.39 is 0 Å². The fourth-order valence-corrected chi connectivity index (χ4v) is 2.80. The van der Waals surface area contributed by atoms with Gasteiger partial charge in [-0.2, -0.15) is 5.10 Å². The highest BCUT2D eigenvalue weighted by atomic mass is 32.1. The van der Waals surface area contributed by atoms with E-state index in [4.69, 9.17) is 0 Å². The lowest BCUT2D eigenvalue weighted by Crippen LogP contribution is -2.18. The molecule has 0 spiro atoms. The lowest BCUT2D eigenvalue weighted by atomic mass is 10.1. The van der Waals surface area contributed by atoms with Crippen LogP contribution in [-0.4, -0.2) is 21.8 Å². The van der Waals surface area contributed by atoms with Gasteiger partial charge >= 0.3 is 0 Å². The highest BCUT2D eigenvalue weighted by Crippen LogP contribution is 2.24. The predicted molar refractivity (Wildman–Crippen MR) is 70.3 cm³/mol. The molecule has 2 aromatic heterocycles. The molecular weight excluding hydrogens is 232 g/mol. The monoisotopic (exact) mass is 250 g/mol. The van der Waals surface area contributed by atoms with Crippen LogP contribution in [0, 0.1) is 6.92 Å². The van der Waals surface area contributed by atoms with Crippen LogP contribution >= 0.6 is 11.3 Å². The van der Waals surface area contributed by atoms with E-state index in [1.54, 1.807) is 11.3 Å². The molecule has 2 rings (SSSR count). The van der Waals surface area contributed by atoms with Crippen molar-refractivity contribution in [2.45, 2.75) is 32.9 Å². The molecule has 0 aliphatic carbocycles. The van der Waals surface area contributed by atoms with E-state index in [-0.39, 0.29) is 0 Å². The van der Waals surface area contributed by atoms with E-state index in [9.17, 15) is 0 Å². The maximum atomic E-state index is 4.31. The van der Waals surface area contributed by atoms with Crippen LogP contribution in [0.2, 0.25) is 0 Å². The molecule has 92 valence electrons. The molecule has 0 radical (unpaired) electrons. The molecule has 5 heteroatoms. The zero-order valence-corrected chi connectivity index (χ0v) is 11.3. The highest BCUT2D eigenvalue weighted by molar-refractivity contribution is 7.09. The molecule has 17 heavy (non-hydrogen) atoms. The standard InChI is InChI=1S/C12H18N4S/c1-4-16-7-10(6-15-16)5-11(13-3)12-9(2)14-8-17-12/h6-8,11,13H,4-5H2,1-3H3. The Hall–Kier alpha value is -1.20. The number of aryl methyl sites for hydroxylation is 2. The first-order chi connectivity index (χ1) is 8.24. The average Bonchev–Trinajstić information content (AvgIpc) is 2.95. The number of aromatic nitrogens is 3. The molecule has 0 aliphatic heterocycles. The molecule has 0 aliphatic rings. The van der Waals surface area contributed by atoms with Crippen molar-refractivity contribution < 1.29 is 0 Å². The Morgan fingerprint density at radius 3 is 2.88 bits per heavy atom. The molecule has 0 bridgehead atoms. The summed E-state index contributed by atoms with van der Waals surface area (Å²) in [5.74, 6) is 0. The normalized spacial score (nSPS) is 12.9. The van der Waals surface area contributed by atoms with Gasteiger partial charge in [0.2, 0.25) is 0 Å². The minimum absolute atomic E-state index is 0.331. The van der Waals surface area contributed by atoms with Gasteiger partial charge in [0.15, 0.2) is 0 Å². The molecule has 4 nitrogen and oxygen atoms in total. The highest BCUT2D eigenvalue weighted by Gasteiger charge is 2.15. The number of likely N-dealkylation sites (N-methyl/N-ethyl adjacent to an activating group) is 1. The van der Waals surface area contributed by atoms with E-state index in [0.29, 0.717) is 6.04 Å². The Balaban J connectivity index is 2.12. The van der Waals surface area contributed by atoms with Crippen LogP contribution in [-0.2, 0) is 13.0 Å². The van der Waals surface area contributed by atoms with Crippen LogP contribution in [0.5, 0.6) is 0 Å². The van der Waals surface area contributed by atoms with Gasteiger partial charge in [-0.05, 0) is 32.9 Å². The van der Waals surface area contributed by atoms with Crippen molar-refractivity contribution in [2.24, 2.45) is 0 Å². The minimum Gasteiger partial charge on any atom is -0.312 e. The van der Waals surface area contributed by atoms with Crippen molar-refractivity contribution in [3.05, 3.63) is 34.0 Å². The fourth-order valence-electron chi connectivity index (χ4n) is 1.89. The van der Waals surface area contributed by atoms with Gasteiger partial charge in [0.1, 0.15) is 0 Å². The fraction of sp³-hybridized carbons (Fsp3) is 0.500.